The summed E-state index contributed by atoms with van der Waals surface area (Å²) in [4.78, 5) is 14.4. The van der Waals surface area contributed by atoms with Crippen LogP contribution in [0.5, 0.6) is 0 Å². The van der Waals surface area contributed by atoms with E-state index in [-0.39, 0.29) is 46.5 Å². The van der Waals surface area contributed by atoms with Crippen molar-refractivity contribution < 1.29 is 56.8 Å². The lowest BCUT2D eigenvalue weighted by molar-refractivity contribution is -0.348. The zero-order valence-corrected chi connectivity index (χ0v) is 28.4. The lowest BCUT2D eigenvalue weighted by atomic mass is 9.76. The Hall–Kier alpha value is -2.89. The fourth-order valence-corrected chi connectivity index (χ4v) is 12.0. The molecule has 1 aliphatic heterocycles. The molecule has 1 unspecified atom stereocenters. The number of halogens is 9. The van der Waals surface area contributed by atoms with E-state index in [4.69, 9.17) is 11.6 Å². The maximum atomic E-state index is 15.1. The maximum absolute atomic E-state index is 15.1. The molecular weight excluding hydrogens is 750 g/mol. The summed E-state index contributed by atoms with van der Waals surface area (Å²) in [5, 5.41) is 0.269. The number of aryl methyl sites for hydroxylation is 1. The van der Waals surface area contributed by atoms with Gasteiger partial charge in [0.25, 0.3) is 0 Å². The first-order valence-electron chi connectivity index (χ1n) is 14.4. The molecule has 5 rings (SSSR count). The molecule has 6 nitrogen and oxygen atoms in total. The number of fused-ring (bicyclic) bond motifs is 3. The molecule has 0 radical (unpaired) electrons. The van der Waals surface area contributed by atoms with Gasteiger partial charge in [-0.1, -0.05) is 29.8 Å². The van der Waals surface area contributed by atoms with Crippen LogP contribution in [-0.2, 0) is 41.3 Å². The first-order chi connectivity index (χ1) is 22.6. The smallest absolute Gasteiger partial charge is 0.338 e. The highest BCUT2D eigenvalue weighted by molar-refractivity contribution is 8.13. The third kappa shape index (κ3) is 6.01. The summed E-state index contributed by atoms with van der Waals surface area (Å²) < 4.78 is 163. The molecule has 18 heteroatoms. The second kappa shape index (κ2) is 12.7. The second-order valence-corrected chi connectivity index (χ2v) is 17.7. The highest BCUT2D eigenvalue weighted by atomic mass is 35.5. The van der Waals surface area contributed by atoms with Gasteiger partial charge in [0.05, 0.1) is 22.3 Å². The molecule has 1 heterocycles. The molecule has 0 spiro atoms. The summed E-state index contributed by atoms with van der Waals surface area (Å²) in [6.07, 6.45) is -13.0. The topological polar surface area (TPSA) is 88.6 Å². The van der Waals surface area contributed by atoms with Crippen molar-refractivity contribution in [3.05, 3.63) is 94.3 Å². The number of hydrogen-bond donors (Lipinski definition) is 0. The van der Waals surface area contributed by atoms with Crippen molar-refractivity contribution in [3.8, 4) is 0 Å². The highest BCUT2D eigenvalue weighted by Gasteiger charge is 2.74. The third-order valence-corrected chi connectivity index (χ3v) is 15.7. The number of hydrogen-bond acceptors (Lipinski definition) is 6. The summed E-state index contributed by atoms with van der Waals surface area (Å²) in [7, 11) is -8.83. The highest BCUT2D eigenvalue weighted by Crippen LogP contribution is 2.57. The van der Waals surface area contributed by atoms with Crippen LogP contribution in [-0.4, -0.2) is 63.4 Å². The lowest BCUT2D eigenvalue weighted by Crippen LogP contribution is -2.53. The van der Waals surface area contributed by atoms with Crippen molar-refractivity contribution in [3.63, 3.8) is 0 Å². The zero-order valence-electron chi connectivity index (χ0n) is 25.2. The standard InChI is InChI=1S/C31H26ClF8NO5S3/c1-47-27(48(43,44)22-8-4-20(32)5-9-22)17-26(42)41-15-14-28(49(45,46)23-10-6-21(33)7-11-23)24-12-3-19(16-18(24)2-13-25(28)41)29(34,30(35,36)37)31(38,39)40/h3-12,16,25,27H,2,13-15,17H2,1H3/t25-,27?,28-/m1/s1. The number of sulfone groups is 2. The minimum Gasteiger partial charge on any atom is -0.338 e. The number of amides is 1. The van der Waals surface area contributed by atoms with Gasteiger partial charge < -0.3 is 4.90 Å². The molecule has 3 atom stereocenters. The van der Waals surface area contributed by atoms with E-state index in [1.807, 2.05) is 0 Å². The van der Waals surface area contributed by atoms with Crippen LogP contribution in [0.4, 0.5) is 35.1 Å². The van der Waals surface area contributed by atoms with E-state index in [0.717, 1.165) is 40.9 Å². The van der Waals surface area contributed by atoms with E-state index in [9.17, 15) is 52.4 Å². The predicted octanol–water partition coefficient (Wildman–Crippen LogP) is 7.54. The van der Waals surface area contributed by atoms with E-state index >= 15 is 4.39 Å². The summed E-state index contributed by atoms with van der Waals surface area (Å²) in [6.45, 7) is -0.286. The van der Waals surface area contributed by atoms with Crippen LogP contribution in [0.1, 0.15) is 36.0 Å². The van der Waals surface area contributed by atoms with Gasteiger partial charge in [0.1, 0.15) is 15.1 Å². The summed E-state index contributed by atoms with van der Waals surface area (Å²) in [5.41, 5.74) is -8.11. The van der Waals surface area contributed by atoms with Crippen molar-refractivity contribution in [2.24, 2.45) is 0 Å². The summed E-state index contributed by atoms with van der Waals surface area (Å²) >= 11 is 6.72. The Labute approximate surface area is 285 Å². The molecule has 1 amide bonds. The van der Waals surface area contributed by atoms with Crippen LogP contribution in [0.25, 0.3) is 0 Å². The Morgan fingerprint density at radius 3 is 2.04 bits per heavy atom. The van der Waals surface area contributed by atoms with Crippen molar-refractivity contribution in [2.75, 3.05) is 12.8 Å². The molecule has 266 valence electrons. The van der Waals surface area contributed by atoms with Gasteiger partial charge in [0.15, 0.2) is 19.7 Å². The van der Waals surface area contributed by atoms with Gasteiger partial charge in [0.2, 0.25) is 5.91 Å². The van der Waals surface area contributed by atoms with Gasteiger partial charge in [-0.05, 0) is 85.2 Å². The molecule has 1 fully saturated rings. The fraction of sp³-hybridized carbons (Fsp3) is 0.387. The van der Waals surface area contributed by atoms with Gasteiger partial charge in [0, 0.05) is 17.1 Å². The number of alkyl halides is 7. The molecule has 0 N–H and O–H groups in total. The first-order valence-corrected chi connectivity index (χ1v) is 19.1. The molecule has 49 heavy (non-hydrogen) atoms. The summed E-state index contributed by atoms with van der Waals surface area (Å²) in [6, 6.07) is 8.80. The second-order valence-electron chi connectivity index (χ2n) is 11.6. The van der Waals surface area contributed by atoms with E-state index in [1.54, 1.807) is 0 Å². The quantitative estimate of drug-likeness (QED) is 0.174. The van der Waals surface area contributed by atoms with Crippen molar-refractivity contribution >= 4 is 48.9 Å². The van der Waals surface area contributed by atoms with Crippen molar-refractivity contribution in [2.45, 2.75) is 68.9 Å². The van der Waals surface area contributed by atoms with Gasteiger partial charge in [-0.2, -0.15) is 26.3 Å². The number of benzene rings is 3. The molecule has 3 aromatic rings. The van der Waals surface area contributed by atoms with E-state index in [1.165, 1.54) is 30.5 Å². The van der Waals surface area contributed by atoms with Crippen molar-refractivity contribution in [1.29, 1.82) is 0 Å². The first kappa shape index (κ1) is 37.4. The number of carbonyl (C=O) groups excluding carboxylic acids is 1. The number of carbonyl (C=O) groups is 1. The lowest BCUT2D eigenvalue weighted by Gasteiger charge is -2.43. The molecular formula is C31H26ClF8NO5S3. The van der Waals surface area contributed by atoms with Crippen LogP contribution in [0.3, 0.4) is 0 Å². The molecule has 0 aromatic heterocycles. The van der Waals surface area contributed by atoms with Gasteiger partial charge in [-0.25, -0.2) is 25.6 Å². The molecule has 1 aliphatic carbocycles. The molecule has 0 bridgehead atoms. The molecule has 1 saturated heterocycles. The average molecular weight is 776 g/mol. The monoisotopic (exact) mass is 775 g/mol. The fourth-order valence-electron chi connectivity index (χ4n) is 6.71. The van der Waals surface area contributed by atoms with Gasteiger partial charge >= 0.3 is 18.0 Å². The Bertz CT molecular complexity index is 1960. The SMILES string of the molecule is CSC(CC(=O)N1CC[C@@]2(S(=O)(=O)c3ccc(F)cc3)c3ccc(C(F)(C(F)(F)F)C(F)(F)F)cc3CC[C@@H]12)S(=O)(=O)c1ccc(Cl)cc1. The Morgan fingerprint density at radius 2 is 1.49 bits per heavy atom. The van der Waals surface area contributed by atoms with Crippen LogP contribution >= 0.6 is 23.4 Å². The normalized spacial score (nSPS) is 20.9. The Morgan fingerprint density at radius 1 is 0.918 bits per heavy atom. The number of likely N-dealkylation sites (tertiary alicyclic amines) is 1. The maximum Gasteiger partial charge on any atom is 0.435 e. The van der Waals surface area contributed by atoms with E-state index < -0.39 is 88.1 Å². The molecule has 2 aliphatic rings. The Balaban J connectivity index is 1.61. The number of nitrogens with zero attached hydrogens (tertiary/aromatic N) is 1. The van der Waals surface area contributed by atoms with Gasteiger partial charge in [-0.15, -0.1) is 11.8 Å². The van der Waals surface area contributed by atoms with Crippen molar-refractivity contribution in [1.82, 2.24) is 4.90 Å². The number of thioether (sulfide) groups is 1. The number of rotatable bonds is 8. The van der Waals surface area contributed by atoms with Crippen LogP contribution < -0.4 is 0 Å². The molecule has 0 saturated carbocycles. The molecule has 3 aromatic carbocycles. The summed E-state index contributed by atoms with van der Waals surface area (Å²) in [5.74, 6) is -1.57. The predicted molar refractivity (Wildman–Crippen MR) is 166 cm³/mol. The van der Waals surface area contributed by atoms with E-state index in [2.05, 4.69) is 0 Å². The minimum atomic E-state index is -6.41. The zero-order chi connectivity index (χ0) is 36.4. The largest absolute Gasteiger partial charge is 0.435 e. The van der Waals surface area contributed by atoms with Crippen LogP contribution in [0.15, 0.2) is 76.5 Å². The average Bonchev–Trinajstić information content (AvgIpc) is 3.44. The Kier molecular flexibility index (Phi) is 9.69. The van der Waals surface area contributed by atoms with Gasteiger partial charge in [-0.3, -0.25) is 4.79 Å². The van der Waals surface area contributed by atoms with Crippen LogP contribution in [0.2, 0.25) is 5.02 Å². The van der Waals surface area contributed by atoms with E-state index in [0.29, 0.717) is 12.1 Å². The third-order valence-electron chi connectivity index (χ3n) is 9.08. The minimum absolute atomic E-state index is 0.122. The van der Waals surface area contributed by atoms with Crippen LogP contribution in [0, 0.1) is 5.82 Å².